The molecule has 4 heteroatoms. The van der Waals surface area contributed by atoms with E-state index in [0.717, 1.165) is 22.6 Å². The third-order valence-corrected chi connectivity index (χ3v) is 3.24. The Hall–Kier alpha value is -2.75. The molecule has 1 heterocycles. The first-order valence-electron chi connectivity index (χ1n) is 6.34. The fourth-order valence-electron chi connectivity index (χ4n) is 2.17. The van der Waals surface area contributed by atoms with E-state index < -0.39 is 0 Å². The van der Waals surface area contributed by atoms with E-state index in [9.17, 15) is 4.79 Å². The van der Waals surface area contributed by atoms with Gasteiger partial charge in [0.05, 0.1) is 11.1 Å². The van der Waals surface area contributed by atoms with Crippen molar-refractivity contribution in [2.75, 3.05) is 0 Å². The average molecular weight is 264 g/mol. The number of Topliss-reactive ketones (excluding diaryl/α,β-unsaturated/α-hetero) is 1. The van der Waals surface area contributed by atoms with Gasteiger partial charge in [0, 0.05) is 5.56 Å². The molecule has 0 unspecified atom stereocenters. The number of nitrogens with zero attached hydrogens (tertiary/aromatic N) is 1. The van der Waals surface area contributed by atoms with Gasteiger partial charge in [-0.05, 0) is 43.3 Å². The van der Waals surface area contributed by atoms with Crippen LogP contribution in [0.25, 0.3) is 0 Å². The molecule has 0 saturated heterocycles. The maximum absolute atomic E-state index is 11.2. The standard InChI is InChI=1S/C16H13N3O/c1-10(20)11-6-8-12(9-7-11)18-16-14-5-3-2-4-13(14)15(17)19-16/h2-9H,1H3,(H2,17,18,19)/p+1. The Morgan fingerprint density at radius 2 is 1.70 bits per heavy atom. The highest BCUT2D eigenvalue weighted by atomic mass is 16.1. The minimum absolute atomic E-state index is 0.0473. The number of ketones is 1. The molecule has 0 fully saturated rings. The van der Waals surface area contributed by atoms with Crippen LogP contribution in [-0.4, -0.2) is 17.5 Å². The predicted octanol–water partition coefficient (Wildman–Crippen LogP) is 0.767. The van der Waals surface area contributed by atoms with E-state index in [1.54, 1.807) is 19.1 Å². The summed E-state index contributed by atoms with van der Waals surface area (Å²) in [5.41, 5.74) is 9.35. The van der Waals surface area contributed by atoms with Crippen LogP contribution in [-0.2, 0) is 0 Å². The van der Waals surface area contributed by atoms with E-state index in [0.29, 0.717) is 11.4 Å². The van der Waals surface area contributed by atoms with Gasteiger partial charge in [-0.2, -0.15) is 0 Å². The lowest BCUT2D eigenvalue weighted by molar-refractivity contribution is -0.311. The van der Waals surface area contributed by atoms with Crippen LogP contribution in [0, 0.1) is 0 Å². The molecule has 0 amide bonds. The predicted molar refractivity (Wildman–Crippen MR) is 78.3 cm³/mol. The Morgan fingerprint density at radius 3 is 2.35 bits per heavy atom. The van der Waals surface area contributed by atoms with Gasteiger partial charge in [-0.25, -0.2) is 4.99 Å². The van der Waals surface area contributed by atoms with Crippen LogP contribution in [0.5, 0.6) is 0 Å². The van der Waals surface area contributed by atoms with E-state index in [4.69, 9.17) is 5.73 Å². The van der Waals surface area contributed by atoms with E-state index in [1.165, 1.54) is 0 Å². The molecule has 3 N–H and O–H groups in total. The molecule has 2 aromatic carbocycles. The molecule has 0 aromatic heterocycles. The number of fused-ring (bicyclic) bond motifs is 1. The Bertz CT molecular complexity index is 743. The molecule has 0 saturated carbocycles. The maximum atomic E-state index is 11.2. The normalized spacial score (nSPS) is 15.1. The number of carbonyl (C=O) groups is 1. The zero-order chi connectivity index (χ0) is 14.1. The van der Waals surface area contributed by atoms with Crippen molar-refractivity contribution in [3.63, 3.8) is 0 Å². The van der Waals surface area contributed by atoms with Crippen LogP contribution < -0.4 is 10.7 Å². The van der Waals surface area contributed by atoms with Gasteiger partial charge in [-0.1, -0.05) is 12.1 Å². The third-order valence-electron chi connectivity index (χ3n) is 3.24. The quantitative estimate of drug-likeness (QED) is 0.786. The van der Waals surface area contributed by atoms with Crippen LogP contribution in [0.3, 0.4) is 0 Å². The van der Waals surface area contributed by atoms with Gasteiger partial charge in [0.25, 0.3) is 5.84 Å². The summed E-state index contributed by atoms with van der Waals surface area (Å²) in [6, 6.07) is 15.0. The van der Waals surface area contributed by atoms with E-state index >= 15 is 0 Å². The van der Waals surface area contributed by atoms with Crippen molar-refractivity contribution in [3.05, 3.63) is 65.2 Å². The van der Waals surface area contributed by atoms with Crippen LogP contribution in [0.1, 0.15) is 28.4 Å². The Kier molecular flexibility index (Phi) is 2.91. The van der Waals surface area contributed by atoms with Crippen LogP contribution in [0.2, 0.25) is 0 Å². The lowest BCUT2D eigenvalue weighted by atomic mass is 10.1. The highest BCUT2D eigenvalue weighted by Gasteiger charge is 2.23. The molecule has 0 radical (unpaired) electrons. The minimum Gasteiger partial charge on any atom is -0.318 e. The summed E-state index contributed by atoms with van der Waals surface area (Å²) in [5.74, 6) is 1.39. The first-order chi connectivity index (χ1) is 9.65. The number of nitrogens with two attached hydrogens (primary N) is 1. The summed E-state index contributed by atoms with van der Waals surface area (Å²) in [6.45, 7) is 1.55. The minimum atomic E-state index is 0.0473. The number of hydrogen-bond acceptors (Lipinski definition) is 3. The summed E-state index contributed by atoms with van der Waals surface area (Å²) in [4.78, 5) is 18.9. The molecule has 1 aliphatic heterocycles. The van der Waals surface area contributed by atoms with Gasteiger partial charge in [0.15, 0.2) is 5.78 Å². The molecule has 20 heavy (non-hydrogen) atoms. The topological polar surface area (TPSA) is 69.4 Å². The Balaban J connectivity index is 2.00. The molecular weight excluding hydrogens is 250 g/mol. The van der Waals surface area contributed by atoms with Gasteiger partial charge >= 0.3 is 0 Å². The molecule has 1 aliphatic rings. The number of aliphatic imine (C=N–C) groups is 1. The van der Waals surface area contributed by atoms with Gasteiger partial charge in [0.2, 0.25) is 5.84 Å². The number of benzene rings is 2. The molecular formula is C16H14N3O+. The number of nitrogens with one attached hydrogen (secondary N) is 1. The molecule has 0 bridgehead atoms. The van der Waals surface area contributed by atoms with Gasteiger partial charge < -0.3 is 5.73 Å². The average Bonchev–Trinajstić information content (AvgIpc) is 2.77. The molecule has 0 atom stereocenters. The van der Waals surface area contributed by atoms with E-state index in [2.05, 4.69) is 9.98 Å². The van der Waals surface area contributed by atoms with Crippen LogP contribution in [0.15, 0.2) is 53.5 Å². The van der Waals surface area contributed by atoms with Crippen LogP contribution in [0.4, 0.5) is 5.69 Å². The third kappa shape index (κ3) is 2.12. The summed E-state index contributed by atoms with van der Waals surface area (Å²) >= 11 is 0. The molecule has 0 aliphatic carbocycles. The summed E-state index contributed by atoms with van der Waals surface area (Å²) < 4.78 is 0. The Labute approximate surface area is 116 Å². The van der Waals surface area contributed by atoms with Crippen molar-refractivity contribution in [3.8, 4) is 0 Å². The van der Waals surface area contributed by atoms with Crippen molar-refractivity contribution < 1.29 is 9.79 Å². The zero-order valence-electron chi connectivity index (χ0n) is 11.1. The molecule has 4 nitrogen and oxygen atoms in total. The SMILES string of the molecule is CC(=O)c1ccc(N=C2[NH+]=C(N)c3ccccc32)cc1. The second kappa shape index (κ2) is 4.74. The summed E-state index contributed by atoms with van der Waals surface area (Å²) in [7, 11) is 0. The smallest absolute Gasteiger partial charge is 0.269 e. The second-order valence-corrected chi connectivity index (χ2v) is 4.65. The number of rotatable bonds is 2. The van der Waals surface area contributed by atoms with Crippen molar-refractivity contribution in [2.45, 2.75) is 6.92 Å². The fraction of sp³-hybridized carbons (Fsp3) is 0.0625. The van der Waals surface area contributed by atoms with Crippen molar-refractivity contribution in [1.29, 1.82) is 0 Å². The van der Waals surface area contributed by atoms with E-state index in [1.807, 2.05) is 36.4 Å². The van der Waals surface area contributed by atoms with Crippen molar-refractivity contribution >= 4 is 23.1 Å². The zero-order valence-corrected chi connectivity index (χ0v) is 11.1. The van der Waals surface area contributed by atoms with Crippen LogP contribution >= 0.6 is 0 Å². The van der Waals surface area contributed by atoms with E-state index in [-0.39, 0.29) is 5.78 Å². The summed E-state index contributed by atoms with van der Waals surface area (Å²) in [6.07, 6.45) is 0. The molecule has 3 rings (SSSR count). The molecule has 2 aromatic rings. The first-order valence-corrected chi connectivity index (χ1v) is 6.34. The van der Waals surface area contributed by atoms with Crippen molar-refractivity contribution in [1.82, 2.24) is 0 Å². The fourth-order valence-corrected chi connectivity index (χ4v) is 2.17. The second-order valence-electron chi connectivity index (χ2n) is 4.65. The number of amidine groups is 2. The Morgan fingerprint density at radius 1 is 1.05 bits per heavy atom. The maximum Gasteiger partial charge on any atom is 0.269 e. The van der Waals surface area contributed by atoms with Gasteiger partial charge in [0.1, 0.15) is 5.69 Å². The lowest BCUT2D eigenvalue weighted by Crippen LogP contribution is -2.76. The van der Waals surface area contributed by atoms with Gasteiger partial charge in [-0.3, -0.25) is 4.79 Å². The number of carbonyl (C=O) groups excluding carboxylic acids is 1. The van der Waals surface area contributed by atoms with Crippen molar-refractivity contribution in [2.24, 2.45) is 10.7 Å². The van der Waals surface area contributed by atoms with Gasteiger partial charge in [-0.15, -0.1) is 4.99 Å². The number of hydrogen-bond donors (Lipinski definition) is 2. The molecule has 0 spiro atoms. The molecule has 98 valence electrons. The monoisotopic (exact) mass is 264 g/mol. The highest BCUT2D eigenvalue weighted by molar-refractivity contribution is 6.12. The highest BCUT2D eigenvalue weighted by Crippen LogP contribution is 2.16. The number of nitrogen functional groups attached to an aromatic ring is 1. The first kappa shape index (κ1) is 12.3. The largest absolute Gasteiger partial charge is 0.318 e. The summed E-state index contributed by atoms with van der Waals surface area (Å²) in [5, 5.41) is 0. The lowest BCUT2D eigenvalue weighted by Gasteiger charge is -1.96.